The number of rotatable bonds is 34. The first-order valence-corrected chi connectivity index (χ1v) is 24.3. The van der Waals surface area contributed by atoms with E-state index in [0.717, 1.165) is 44.1 Å². The lowest BCUT2D eigenvalue weighted by atomic mass is 9.83. The minimum atomic E-state index is -1.46. The first-order chi connectivity index (χ1) is 29.4. The molecular weight excluding hydrogens is 821 g/mol. The molecule has 0 saturated carbocycles. The summed E-state index contributed by atoms with van der Waals surface area (Å²) in [4.78, 5) is 0. The molecule has 1 rings (SSSR count). The second kappa shape index (κ2) is 28.3. The normalized spacial score (nSPS) is 25.8. The molecule has 1 heterocycles. The summed E-state index contributed by atoms with van der Waals surface area (Å²) < 4.78 is 10.9. The first kappa shape index (κ1) is 60.7. The molecule has 0 radical (unpaired) electrons. The molecule has 13 heteroatoms. The van der Waals surface area contributed by atoms with Crippen LogP contribution < -0.4 is 0 Å². The van der Waals surface area contributed by atoms with Crippen LogP contribution in [0.4, 0.5) is 0 Å². The molecule has 0 aromatic rings. The lowest BCUT2D eigenvalue weighted by Crippen LogP contribution is -2.59. The van der Waals surface area contributed by atoms with Gasteiger partial charge in [0.1, 0.15) is 24.4 Å². The molecule has 0 bridgehead atoms. The van der Waals surface area contributed by atoms with E-state index in [1.54, 1.807) is 27.7 Å². The van der Waals surface area contributed by atoms with Gasteiger partial charge in [0.05, 0.1) is 52.9 Å². The molecule has 0 aliphatic carbocycles. The van der Waals surface area contributed by atoms with Crippen LogP contribution in [0.1, 0.15) is 204 Å². The summed E-state index contributed by atoms with van der Waals surface area (Å²) >= 11 is 0. The maximum Gasteiger partial charge on any atom is 0.187 e. The molecule has 11 atom stereocenters. The molecule has 64 heavy (non-hydrogen) atoms. The Morgan fingerprint density at radius 2 is 0.875 bits per heavy atom. The highest BCUT2D eigenvalue weighted by atomic mass is 16.7. The highest BCUT2D eigenvalue weighted by Gasteiger charge is 2.44. The van der Waals surface area contributed by atoms with E-state index in [0.29, 0.717) is 89.9 Å². The summed E-state index contributed by atoms with van der Waals surface area (Å²) in [6, 6.07) is 0. The molecule has 378 valence electrons. The third kappa shape index (κ3) is 26.9. The van der Waals surface area contributed by atoms with Crippen LogP contribution >= 0.6 is 0 Å². The third-order valence-corrected chi connectivity index (χ3v) is 13.4. The van der Waals surface area contributed by atoms with Gasteiger partial charge in [-0.3, -0.25) is 0 Å². The summed E-state index contributed by atoms with van der Waals surface area (Å²) in [5.41, 5.74) is -2.02. The van der Waals surface area contributed by atoms with Gasteiger partial charge in [-0.05, 0) is 204 Å². The highest BCUT2D eigenvalue weighted by Crippen LogP contribution is 2.32. The summed E-state index contributed by atoms with van der Waals surface area (Å²) in [5.74, 6) is 0. The van der Waals surface area contributed by atoms with E-state index in [9.17, 15) is 56.2 Å². The van der Waals surface area contributed by atoms with Gasteiger partial charge in [-0.15, -0.1) is 0 Å². The van der Waals surface area contributed by atoms with Crippen LogP contribution in [0.5, 0.6) is 0 Å². The molecular formula is C51H96O13. The number of hydrogen-bond donors (Lipinski definition) is 11. The van der Waals surface area contributed by atoms with Gasteiger partial charge < -0.3 is 65.6 Å². The highest BCUT2D eigenvalue weighted by molar-refractivity contribution is 5.06. The Labute approximate surface area is 387 Å². The minimum absolute atomic E-state index is 0.167. The second-order valence-electron chi connectivity index (χ2n) is 21.7. The van der Waals surface area contributed by atoms with E-state index < -0.39 is 77.0 Å². The van der Waals surface area contributed by atoms with Crippen molar-refractivity contribution >= 4 is 0 Å². The molecule has 0 amide bonds. The standard InChI is InChI=1S/C51H96O13/c1-37(19-12-21-39(3)24-35-63-45-44(56)43(55)42(54)40(36-52)64-45)18-11-20-38(2)22-13-25-47(6,58)26-14-27-48(7,59)28-15-29-49(8,60)30-16-31-50(9,61)32-17-33-51(10,62)34-23-41(53)46(4,5)57/h19-20,24,40-45,52-62H,11-18,21-23,25-36H2,1-10H3/b37-19+,38-20+,39-24+/t40-,41?,42-,43+,44+,45-,47?,48?,49?,50?,51?/m1/s1. The van der Waals surface area contributed by atoms with Gasteiger partial charge in [0.15, 0.2) is 6.29 Å². The number of ether oxygens (including phenoxy) is 2. The van der Waals surface area contributed by atoms with E-state index in [2.05, 4.69) is 26.0 Å². The van der Waals surface area contributed by atoms with Gasteiger partial charge in [0, 0.05) is 0 Å². The topological polar surface area (TPSA) is 241 Å². The number of allylic oxidation sites excluding steroid dienone is 5. The predicted molar refractivity (Wildman–Crippen MR) is 253 cm³/mol. The van der Waals surface area contributed by atoms with Gasteiger partial charge in [0.2, 0.25) is 0 Å². The van der Waals surface area contributed by atoms with E-state index in [1.165, 1.54) is 11.1 Å². The molecule has 13 nitrogen and oxygen atoms in total. The first-order valence-electron chi connectivity index (χ1n) is 24.3. The van der Waals surface area contributed by atoms with Crippen molar-refractivity contribution in [2.75, 3.05) is 13.2 Å². The quantitative estimate of drug-likeness (QED) is 0.0301. The van der Waals surface area contributed by atoms with Crippen LogP contribution in [-0.2, 0) is 9.47 Å². The average Bonchev–Trinajstić information content (AvgIpc) is 3.15. The van der Waals surface area contributed by atoms with Crippen molar-refractivity contribution < 1.29 is 65.6 Å². The molecule has 0 aromatic carbocycles. The fourth-order valence-corrected chi connectivity index (χ4v) is 8.46. The number of aliphatic hydroxyl groups excluding tert-OH is 5. The molecule has 0 spiro atoms. The SMILES string of the molecule is C/C(=C\CC/C(C)=C/CO[C@@H]1O[C@H](CO)[C@@H](O)[C@H](O)[C@@H]1O)CC/C=C(\C)CCCC(C)(O)CCCC(C)(O)CCCC(C)(O)CCCC(C)(O)CCCC(C)(O)CCC(O)C(C)(C)O. The maximum absolute atomic E-state index is 11.1. The Kier molecular flexibility index (Phi) is 26.8. The summed E-state index contributed by atoms with van der Waals surface area (Å²) in [6.07, 6.45) is 12.8. The van der Waals surface area contributed by atoms with Crippen LogP contribution in [-0.4, -0.2) is 140 Å². The third-order valence-electron chi connectivity index (χ3n) is 13.4. The predicted octanol–water partition coefficient (Wildman–Crippen LogP) is 6.72. The fourth-order valence-electron chi connectivity index (χ4n) is 8.46. The molecule has 1 saturated heterocycles. The molecule has 1 aliphatic rings. The largest absolute Gasteiger partial charge is 0.394 e. The average molecular weight is 917 g/mol. The Morgan fingerprint density at radius 1 is 0.516 bits per heavy atom. The monoisotopic (exact) mass is 917 g/mol. The van der Waals surface area contributed by atoms with Gasteiger partial charge in [-0.25, -0.2) is 0 Å². The zero-order chi connectivity index (χ0) is 49.0. The van der Waals surface area contributed by atoms with Gasteiger partial charge in [-0.2, -0.15) is 0 Å². The van der Waals surface area contributed by atoms with Crippen LogP contribution in [0.15, 0.2) is 34.9 Å². The van der Waals surface area contributed by atoms with Crippen LogP contribution in [0, 0.1) is 0 Å². The van der Waals surface area contributed by atoms with Crippen molar-refractivity contribution in [1.29, 1.82) is 0 Å². The lowest BCUT2D eigenvalue weighted by molar-refractivity contribution is -0.298. The Hall–Kier alpha value is -1.30. The fraction of sp³-hybridized carbons (Fsp3) is 0.882. The summed E-state index contributed by atoms with van der Waals surface area (Å²) in [5, 5.41) is 114. The van der Waals surface area contributed by atoms with E-state index >= 15 is 0 Å². The smallest absolute Gasteiger partial charge is 0.187 e. The molecule has 1 aliphatic heterocycles. The summed E-state index contributed by atoms with van der Waals surface area (Å²) in [6.45, 7) is 18.1. The lowest BCUT2D eigenvalue weighted by Gasteiger charge is -2.39. The second-order valence-corrected chi connectivity index (χ2v) is 21.7. The van der Waals surface area contributed by atoms with Crippen LogP contribution in [0.25, 0.3) is 0 Å². The summed E-state index contributed by atoms with van der Waals surface area (Å²) in [7, 11) is 0. The van der Waals surface area contributed by atoms with Crippen molar-refractivity contribution in [1.82, 2.24) is 0 Å². The number of hydrogen-bond acceptors (Lipinski definition) is 13. The molecule has 1 fully saturated rings. The Morgan fingerprint density at radius 3 is 1.27 bits per heavy atom. The van der Waals surface area contributed by atoms with Gasteiger partial charge in [-0.1, -0.05) is 34.9 Å². The maximum atomic E-state index is 11.1. The molecule has 6 unspecified atom stereocenters. The van der Waals surface area contributed by atoms with Gasteiger partial charge >= 0.3 is 0 Å². The Bertz CT molecular complexity index is 1370. The van der Waals surface area contributed by atoms with Crippen molar-refractivity contribution in [3.8, 4) is 0 Å². The Balaban J connectivity index is 2.29. The van der Waals surface area contributed by atoms with Crippen LogP contribution in [0.3, 0.4) is 0 Å². The van der Waals surface area contributed by atoms with E-state index in [-0.39, 0.29) is 13.0 Å². The van der Waals surface area contributed by atoms with E-state index in [4.69, 9.17) is 9.47 Å². The van der Waals surface area contributed by atoms with E-state index in [1.807, 2.05) is 33.8 Å². The van der Waals surface area contributed by atoms with Crippen molar-refractivity contribution in [2.24, 2.45) is 0 Å². The van der Waals surface area contributed by atoms with Crippen molar-refractivity contribution in [3.63, 3.8) is 0 Å². The minimum Gasteiger partial charge on any atom is -0.394 e. The van der Waals surface area contributed by atoms with Crippen molar-refractivity contribution in [3.05, 3.63) is 34.9 Å². The van der Waals surface area contributed by atoms with Gasteiger partial charge in [0.25, 0.3) is 0 Å². The zero-order valence-electron chi connectivity index (χ0n) is 41.7. The zero-order valence-corrected chi connectivity index (χ0v) is 41.7. The molecule has 11 N–H and O–H groups in total. The molecule has 0 aromatic heterocycles. The van der Waals surface area contributed by atoms with Crippen LogP contribution in [0.2, 0.25) is 0 Å². The van der Waals surface area contributed by atoms with Crippen molar-refractivity contribution in [2.45, 2.75) is 274 Å². The number of aliphatic hydroxyl groups is 11.